The molecule has 0 aliphatic carbocycles. The Labute approximate surface area is 108 Å². The smallest absolute Gasteiger partial charge is 0.251 e. The van der Waals surface area contributed by atoms with Crippen molar-refractivity contribution in [1.82, 2.24) is 10.6 Å². The van der Waals surface area contributed by atoms with Gasteiger partial charge in [-0.25, -0.2) is 0 Å². The van der Waals surface area contributed by atoms with E-state index in [-0.39, 0.29) is 11.9 Å². The minimum atomic E-state index is -0.0225. The standard InChI is InChI=1S/C14H20N2O2/c1-2-8-18-13-5-3-4-11(9-13)14(17)16-12-6-7-15-10-12/h3-5,9,12,15H,2,6-8,10H2,1H3,(H,16,17)/t12-/m1/s1. The summed E-state index contributed by atoms with van der Waals surface area (Å²) in [7, 11) is 0. The number of hydrogen-bond acceptors (Lipinski definition) is 3. The zero-order chi connectivity index (χ0) is 12.8. The van der Waals surface area contributed by atoms with E-state index in [4.69, 9.17) is 4.74 Å². The molecule has 0 bridgehead atoms. The molecule has 1 atom stereocenters. The van der Waals surface area contributed by atoms with Gasteiger partial charge in [0, 0.05) is 18.2 Å². The van der Waals surface area contributed by atoms with E-state index in [9.17, 15) is 4.79 Å². The van der Waals surface area contributed by atoms with Crippen LogP contribution in [0.3, 0.4) is 0 Å². The molecule has 0 saturated carbocycles. The van der Waals surface area contributed by atoms with Gasteiger partial charge in [0.05, 0.1) is 6.61 Å². The highest BCUT2D eigenvalue weighted by atomic mass is 16.5. The molecule has 4 heteroatoms. The van der Waals surface area contributed by atoms with Crippen molar-refractivity contribution >= 4 is 5.91 Å². The molecule has 18 heavy (non-hydrogen) atoms. The monoisotopic (exact) mass is 248 g/mol. The third-order valence-electron chi connectivity index (χ3n) is 2.96. The first-order valence-electron chi connectivity index (χ1n) is 6.54. The zero-order valence-electron chi connectivity index (χ0n) is 10.7. The number of benzene rings is 1. The Morgan fingerprint density at radius 3 is 3.17 bits per heavy atom. The molecule has 0 radical (unpaired) electrons. The quantitative estimate of drug-likeness (QED) is 0.831. The third kappa shape index (κ3) is 3.47. The van der Waals surface area contributed by atoms with E-state index in [0.29, 0.717) is 12.2 Å². The Balaban J connectivity index is 1.96. The van der Waals surface area contributed by atoms with Gasteiger partial charge in [-0.05, 0) is 37.6 Å². The normalized spacial score (nSPS) is 18.6. The maximum atomic E-state index is 12.0. The summed E-state index contributed by atoms with van der Waals surface area (Å²) in [4.78, 5) is 12.0. The highest BCUT2D eigenvalue weighted by Gasteiger charge is 2.17. The lowest BCUT2D eigenvalue weighted by Crippen LogP contribution is -2.36. The van der Waals surface area contributed by atoms with Gasteiger partial charge in [0.1, 0.15) is 5.75 Å². The number of carbonyl (C=O) groups excluding carboxylic acids is 1. The van der Waals surface area contributed by atoms with Crippen LogP contribution >= 0.6 is 0 Å². The Bertz CT molecular complexity index is 401. The van der Waals surface area contributed by atoms with Gasteiger partial charge in [-0.1, -0.05) is 13.0 Å². The van der Waals surface area contributed by atoms with E-state index >= 15 is 0 Å². The van der Waals surface area contributed by atoms with Gasteiger partial charge in [-0.15, -0.1) is 0 Å². The molecule has 1 fully saturated rings. The van der Waals surface area contributed by atoms with Crippen molar-refractivity contribution in [3.8, 4) is 5.75 Å². The van der Waals surface area contributed by atoms with E-state index in [0.717, 1.165) is 31.7 Å². The highest BCUT2D eigenvalue weighted by Crippen LogP contribution is 2.14. The molecule has 1 aliphatic heterocycles. The summed E-state index contributed by atoms with van der Waals surface area (Å²) in [5, 5.41) is 6.25. The average Bonchev–Trinajstić information content (AvgIpc) is 2.89. The number of rotatable bonds is 5. The van der Waals surface area contributed by atoms with Gasteiger partial charge in [0.25, 0.3) is 5.91 Å². The molecular formula is C14H20N2O2. The summed E-state index contributed by atoms with van der Waals surface area (Å²) >= 11 is 0. The third-order valence-corrected chi connectivity index (χ3v) is 2.96. The topological polar surface area (TPSA) is 50.4 Å². The van der Waals surface area contributed by atoms with Gasteiger partial charge < -0.3 is 15.4 Å². The largest absolute Gasteiger partial charge is 0.494 e. The van der Waals surface area contributed by atoms with Gasteiger partial charge in [-0.2, -0.15) is 0 Å². The van der Waals surface area contributed by atoms with Crippen LogP contribution in [0.15, 0.2) is 24.3 Å². The molecule has 0 spiro atoms. The fourth-order valence-electron chi connectivity index (χ4n) is 1.99. The fourth-order valence-corrected chi connectivity index (χ4v) is 1.99. The number of carbonyl (C=O) groups is 1. The summed E-state index contributed by atoms with van der Waals surface area (Å²) in [5.41, 5.74) is 0.663. The molecule has 2 rings (SSSR count). The highest BCUT2D eigenvalue weighted by molar-refractivity contribution is 5.94. The van der Waals surface area contributed by atoms with Gasteiger partial charge in [0.2, 0.25) is 0 Å². The molecule has 1 aliphatic rings. The summed E-state index contributed by atoms with van der Waals surface area (Å²) in [6.07, 6.45) is 1.96. The molecule has 0 aromatic heterocycles. The molecule has 4 nitrogen and oxygen atoms in total. The van der Waals surface area contributed by atoms with Gasteiger partial charge in [-0.3, -0.25) is 4.79 Å². The first kappa shape index (κ1) is 12.9. The van der Waals surface area contributed by atoms with Crippen LogP contribution in [-0.2, 0) is 0 Å². The van der Waals surface area contributed by atoms with Crippen molar-refractivity contribution in [1.29, 1.82) is 0 Å². The molecule has 1 amide bonds. The molecule has 1 saturated heterocycles. The van der Waals surface area contributed by atoms with Crippen molar-refractivity contribution in [2.24, 2.45) is 0 Å². The van der Waals surface area contributed by atoms with Crippen LogP contribution in [0.4, 0.5) is 0 Å². The van der Waals surface area contributed by atoms with E-state index in [1.807, 2.05) is 18.2 Å². The van der Waals surface area contributed by atoms with E-state index in [1.165, 1.54) is 0 Å². The first-order valence-corrected chi connectivity index (χ1v) is 6.54. The minimum Gasteiger partial charge on any atom is -0.494 e. The summed E-state index contributed by atoms with van der Waals surface area (Å²) in [5.74, 6) is 0.736. The van der Waals surface area contributed by atoms with Crippen LogP contribution in [0, 0.1) is 0 Å². The number of amides is 1. The second-order valence-corrected chi connectivity index (χ2v) is 4.54. The van der Waals surface area contributed by atoms with Crippen LogP contribution in [-0.4, -0.2) is 31.6 Å². The molecule has 1 aromatic carbocycles. The van der Waals surface area contributed by atoms with Crippen LogP contribution in [0.25, 0.3) is 0 Å². The molecule has 1 aromatic rings. The van der Waals surface area contributed by atoms with Crippen LogP contribution in [0.5, 0.6) is 5.75 Å². The average molecular weight is 248 g/mol. The minimum absolute atomic E-state index is 0.0225. The first-order chi connectivity index (χ1) is 8.79. The lowest BCUT2D eigenvalue weighted by Gasteiger charge is -2.12. The second-order valence-electron chi connectivity index (χ2n) is 4.54. The second kappa shape index (κ2) is 6.40. The Kier molecular flexibility index (Phi) is 4.59. The van der Waals surface area contributed by atoms with Crippen molar-refractivity contribution in [3.63, 3.8) is 0 Å². The SMILES string of the molecule is CCCOc1cccc(C(=O)N[C@@H]2CCNC2)c1. The molecule has 2 N–H and O–H groups in total. The van der Waals surface area contributed by atoms with Gasteiger partial charge in [0.15, 0.2) is 0 Å². The Morgan fingerprint density at radius 2 is 2.44 bits per heavy atom. The van der Waals surface area contributed by atoms with Crippen molar-refractivity contribution in [3.05, 3.63) is 29.8 Å². The molecule has 0 unspecified atom stereocenters. The van der Waals surface area contributed by atoms with Crippen molar-refractivity contribution in [2.45, 2.75) is 25.8 Å². The maximum absolute atomic E-state index is 12.0. The lowest BCUT2D eigenvalue weighted by atomic mass is 10.1. The molecule has 1 heterocycles. The Hall–Kier alpha value is -1.55. The molecular weight excluding hydrogens is 228 g/mol. The number of nitrogens with one attached hydrogen (secondary N) is 2. The zero-order valence-corrected chi connectivity index (χ0v) is 10.7. The fraction of sp³-hybridized carbons (Fsp3) is 0.500. The Morgan fingerprint density at radius 1 is 1.56 bits per heavy atom. The molecule has 98 valence electrons. The maximum Gasteiger partial charge on any atom is 0.251 e. The van der Waals surface area contributed by atoms with E-state index < -0.39 is 0 Å². The van der Waals surface area contributed by atoms with Crippen LogP contribution < -0.4 is 15.4 Å². The van der Waals surface area contributed by atoms with Crippen molar-refractivity contribution < 1.29 is 9.53 Å². The lowest BCUT2D eigenvalue weighted by molar-refractivity contribution is 0.0939. The van der Waals surface area contributed by atoms with Gasteiger partial charge >= 0.3 is 0 Å². The number of ether oxygens (including phenoxy) is 1. The predicted octanol–water partition coefficient (Wildman–Crippen LogP) is 1.57. The van der Waals surface area contributed by atoms with Crippen molar-refractivity contribution in [2.75, 3.05) is 19.7 Å². The van der Waals surface area contributed by atoms with E-state index in [1.54, 1.807) is 6.07 Å². The predicted molar refractivity (Wildman–Crippen MR) is 71.0 cm³/mol. The summed E-state index contributed by atoms with van der Waals surface area (Å²) in [6, 6.07) is 7.60. The van der Waals surface area contributed by atoms with Crippen LogP contribution in [0.2, 0.25) is 0 Å². The summed E-state index contributed by atoms with van der Waals surface area (Å²) in [6.45, 7) is 4.57. The number of hydrogen-bond donors (Lipinski definition) is 2. The van der Waals surface area contributed by atoms with Crippen LogP contribution in [0.1, 0.15) is 30.1 Å². The summed E-state index contributed by atoms with van der Waals surface area (Å²) < 4.78 is 5.52. The van der Waals surface area contributed by atoms with E-state index in [2.05, 4.69) is 17.6 Å².